The number of aromatic nitrogens is 4. The van der Waals surface area contributed by atoms with Crippen LogP contribution in [0.25, 0.3) is 11.0 Å². The fraction of sp³-hybridized carbons (Fsp3) is 0.250. The van der Waals surface area contributed by atoms with Crippen molar-refractivity contribution >= 4 is 33.5 Å². The quantitative estimate of drug-likeness (QED) is 0.527. The topological polar surface area (TPSA) is 141 Å². The number of rotatable bonds is 3. The highest BCUT2D eigenvalue weighted by Gasteiger charge is 2.35. The second kappa shape index (κ2) is 7.80. The van der Waals surface area contributed by atoms with Gasteiger partial charge in [0.2, 0.25) is 10.0 Å². The van der Waals surface area contributed by atoms with Gasteiger partial charge in [-0.1, -0.05) is 6.07 Å². The number of pyridine rings is 2. The maximum absolute atomic E-state index is 13.2. The molecule has 0 amide bonds. The van der Waals surface area contributed by atoms with Gasteiger partial charge >= 0.3 is 5.69 Å². The van der Waals surface area contributed by atoms with Gasteiger partial charge in [-0.15, -0.1) is 12.4 Å². The van der Waals surface area contributed by atoms with Crippen LogP contribution < -0.4 is 16.6 Å². The summed E-state index contributed by atoms with van der Waals surface area (Å²) in [5, 5.41) is 3.19. The number of hydrogen-bond donors (Lipinski definition) is 3. The van der Waals surface area contributed by atoms with Gasteiger partial charge in [0.05, 0.1) is 11.4 Å². The third-order valence-electron chi connectivity index (χ3n) is 4.44. The Kier molecular flexibility index (Phi) is 5.61. The minimum Gasteiger partial charge on any atom is -0.313 e. The molecule has 3 aromatic rings. The van der Waals surface area contributed by atoms with Gasteiger partial charge in [0.15, 0.2) is 0 Å². The summed E-state index contributed by atoms with van der Waals surface area (Å²) in [5.41, 5.74) is -0.590. The molecule has 12 heteroatoms. The van der Waals surface area contributed by atoms with Crippen molar-refractivity contribution in [2.75, 3.05) is 19.6 Å². The minimum atomic E-state index is -3.92. The Morgan fingerprint density at radius 3 is 2.75 bits per heavy atom. The molecule has 0 aromatic carbocycles. The minimum absolute atomic E-state index is 0. The number of nitrogens with one attached hydrogen (secondary N) is 3. The van der Waals surface area contributed by atoms with E-state index >= 15 is 0 Å². The summed E-state index contributed by atoms with van der Waals surface area (Å²) in [6.45, 7) is 1.21. The lowest BCUT2D eigenvalue weighted by Gasteiger charge is -2.35. The third-order valence-corrected chi connectivity index (χ3v) is 6.31. The predicted octanol–water partition coefficient (Wildman–Crippen LogP) is -0.237. The van der Waals surface area contributed by atoms with E-state index in [1.807, 2.05) is 6.07 Å². The van der Waals surface area contributed by atoms with E-state index in [2.05, 4.69) is 25.3 Å². The summed E-state index contributed by atoms with van der Waals surface area (Å²) < 4.78 is 27.9. The molecule has 3 N–H and O–H groups in total. The molecule has 0 spiro atoms. The number of fused-ring (bicyclic) bond motifs is 1. The lowest BCUT2D eigenvalue weighted by atomic mass is 10.1. The normalized spacial score (nSPS) is 17.9. The number of nitrogens with zero attached hydrogens (tertiary/aromatic N) is 3. The highest BCUT2D eigenvalue weighted by Crippen LogP contribution is 2.28. The zero-order valence-electron chi connectivity index (χ0n) is 14.5. The van der Waals surface area contributed by atoms with E-state index in [1.165, 1.54) is 10.4 Å². The molecule has 1 atom stereocenters. The summed E-state index contributed by atoms with van der Waals surface area (Å²) in [5.74, 6) is 0. The maximum Gasteiger partial charge on any atom is 0.327 e. The van der Waals surface area contributed by atoms with E-state index in [9.17, 15) is 18.0 Å². The number of halogens is 1. The molecule has 0 aliphatic carbocycles. The summed E-state index contributed by atoms with van der Waals surface area (Å²) in [7, 11) is -3.92. The van der Waals surface area contributed by atoms with Gasteiger partial charge in [-0.2, -0.15) is 4.31 Å². The van der Waals surface area contributed by atoms with Gasteiger partial charge in [-0.3, -0.25) is 19.7 Å². The largest absolute Gasteiger partial charge is 0.327 e. The van der Waals surface area contributed by atoms with Crippen molar-refractivity contribution in [1.29, 1.82) is 0 Å². The van der Waals surface area contributed by atoms with Crippen LogP contribution in [0.3, 0.4) is 0 Å². The first-order valence-corrected chi connectivity index (χ1v) is 9.66. The fourth-order valence-corrected chi connectivity index (χ4v) is 4.72. The highest BCUT2D eigenvalue weighted by molar-refractivity contribution is 7.89. The molecule has 148 valence electrons. The Morgan fingerprint density at radius 1 is 1.18 bits per heavy atom. The third kappa shape index (κ3) is 3.56. The van der Waals surface area contributed by atoms with Crippen molar-refractivity contribution in [1.82, 2.24) is 29.6 Å². The Labute approximate surface area is 165 Å². The van der Waals surface area contributed by atoms with Gasteiger partial charge in [-0.25, -0.2) is 18.2 Å². The zero-order chi connectivity index (χ0) is 19.0. The van der Waals surface area contributed by atoms with Crippen LogP contribution in [-0.2, 0) is 10.0 Å². The smallest absolute Gasteiger partial charge is 0.313 e. The van der Waals surface area contributed by atoms with Crippen LogP contribution in [0.5, 0.6) is 0 Å². The molecule has 4 rings (SSSR count). The fourth-order valence-electron chi connectivity index (χ4n) is 3.13. The summed E-state index contributed by atoms with van der Waals surface area (Å²) in [4.78, 5) is 35.7. The van der Waals surface area contributed by atoms with Crippen LogP contribution >= 0.6 is 12.4 Å². The van der Waals surface area contributed by atoms with Crippen molar-refractivity contribution in [3.05, 3.63) is 63.2 Å². The van der Waals surface area contributed by atoms with Gasteiger partial charge in [0.1, 0.15) is 10.5 Å². The molecule has 4 heterocycles. The van der Waals surface area contributed by atoms with E-state index in [0.717, 1.165) is 11.8 Å². The van der Waals surface area contributed by atoms with E-state index in [-0.39, 0.29) is 34.9 Å². The van der Waals surface area contributed by atoms with Gasteiger partial charge in [0, 0.05) is 38.2 Å². The molecule has 0 radical (unpaired) electrons. The molecular weight excluding hydrogens is 408 g/mol. The average molecular weight is 425 g/mol. The Balaban J connectivity index is 0.00000225. The number of aromatic amines is 2. The Morgan fingerprint density at radius 2 is 2.00 bits per heavy atom. The molecule has 0 saturated carbocycles. The number of piperazine rings is 1. The maximum atomic E-state index is 13.2. The molecule has 1 fully saturated rings. The van der Waals surface area contributed by atoms with E-state index in [4.69, 9.17) is 0 Å². The lowest BCUT2D eigenvalue weighted by molar-refractivity contribution is 0.271. The average Bonchev–Trinajstić information content (AvgIpc) is 2.68. The van der Waals surface area contributed by atoms with E-state index < -0.39 is 27.3 Å². The molecule has 3 aromatic heterocycles. The van der Waals surface area contributed by atoms with Crippen molar-refractivity contribution in [2.45, 2.75) is 10.9 Å². The van der Waals surface area contributed by atoms with Crippen LogP contribution in [0.1, 0.15) is 11.6 Å². The first kappa shape index (κ1) is 20.1. The monoisotopic (exact) mass is 424 g/mol. The van der Waals surface area contributed by atoms with Gasteiger partial charge in [-0.05, 0) is 17.7 Å². The first-order chi connectivity index (χ1) is 13.0. The number of H-pyrrole nitrogens is 2. The zero-order valence-corrected chi connectivity index (χ0v) is 16.1. The van der Waals surface area contributed by atoms with Crippen molar-refractivity contribution < 1.29 is 8.42 Å². The van der Waals surface area contributed by atoms with Crippen LogP contribution in [0.2, 0.25) is 0 Å². The van der Waals surface area contributed by atoms with Crippen molar-refractivity contribution in [3.8, 4) is 0 Å². The number of hydrogen-bond acceptors (Lipinski definition) is 7. The molecule has 1 aliphatic rings. The first-order valence-electron chi connectivity index (χ1n) is 8.21. The van der Waals surface area contributed by atoms with E-state index in [1.54, 1.807) is 18.5 Å². The molecule has 1 saturated heterocycles. The lowest BCUT2D eigenvalue weighted by Crippen LogP contribution is -2.48. The predicted molar refractivity (Wildman–Crippen MR) is 104 cm³/mol. The van der Waals surface area contributed by atoms with Crippen molar-refractivity contribution in [2.24, 2.45) is 0 Å². The molecular formula is C16H17ClN6O4S. The van der Waals surface area contributed by atoms with Crippen LogP contribution in [0.4, 0.5) is 0 Å². The number of sulfonamides is 1. The highest BCUT2D eigenvalue weighted by atomic mass is 35.5. The summed E-state index contributed by atoms with van der Waals surface area (Å²) in [6, 6.07) is 4.38. The SMILES string of the molecule is Cl.O=c1[nH]c(=O)c2cc(S(=O)(=O)N3CCNCC3c3cccnc3)cnc2[nH]1. The molecule has 0 bridgehead atoms. The molecule has 28 heavy (non-hydrogen) atoms. The van der Waals surface area contributed by atoms with Crippen LogP contribution in [0.15, 0.2) is 51.3 Å². The van der Waals surface area contributed by atoms with Crippen LogP contribution in [-0.4, -0.2) is 52.3 Å². The molecule has 1 aliphatic heterocycles. The molecule has 1 unspecified atom stereocenters. The second-order valence-electron chi connectivity index (χ2n) is 6.10. The molecule has 10 nitrogen and oxygen atoms in total. The second-order valence-corrected chi connectivity index (χ2v) is 7.99. The van der Waals surface area contributed by atoms with E-state index in [0.29, 0.717) is 13.1 Å². The summed E-state index contributed by atoms with van der Waals surface area (Å²) in [6.07, 6.45) is 4.41. The van der Waals surface area contributed by atoms with Gasteiger partial charge < -0.3 is 5.32 Å². The van der Waals surface area contributed by atoms with Crippen molar-refractivity contribution in [3.63, 3.8) is 0 Å². The Bertz CT molecular complexity index is 1210. The standard InChI is InChI=1S/C16H16N6O4S.ClH/c23-15-12-6-11(8-19-14(12)20-16(24)21-15)27(25,26)22-5-4-18-9-13(22)10-2-1-3-17-7-10;/h1-3,6-8,13,18H,4-5,9H2,(H2,19,20,21,23,24);1H. The summed E-state index contributed by atoms with van der Waals surface area (Å²) >= 11 is 0. The Hall–Kier alpha value is -2.60. The van der Waals surface area contributed by atoms with Crippen LogP contribution in [0, 0.1) is 0 Å². The van der Waals surface area contributed by atoms with Gasteiger partial charge in [0.25, 0.3) is 5.56 Å².